The Bertz CT molecular complexity index is 527. The predicted molar refractivity (Wildman–Crippen MR) is 93.4 cm³/mol. The minimum atomic E-state index is 0.248. The highest BCUT2D eigenvalue weighted by Crippen LogP contribution is 2.29. The number of rotatable bonds is 5. The standard InChI is InChI=1S/C17H23ClN2OS/c1-20(16-8-14-5-6-15(9-16)19-14)17(21)11-22-10-12-3-2-4-13(18)7-12/h2-4,7,14-16,19H,5-6,8-11H2,1H3. The van der Waals surface area contributed by atoms with Crippen molar-refractivity contribution in [2.75, 3.05) is 12.8 Å². The number of hydrogen-bond acceptors (Lipinski definition) is 3. The number of hydrogen-bond donors (Lipinski definition) is 1. The van der Waals surface area contributed by atoms with Gasteiger partial charge < -0.3 is 10.2 Å². The molecule has 2 aliphatic heterocycles. The molecule has 1 amide bonds. The highest BCUT2D eigenvalue weighted by molar-refractivity contribution is 7.99. The van der Waals surface area contributed by atoms with E-state index in [0.717, 1.165) is 23.6 Å². The highest BCUT2D eigenvalue weighted by atomic mass is 35.5. The van der Waals surface area contributed by atoms with Crippen LogP contribution in [0.4, 0.5) is 0 Å². The molecule has 2 bridgehead atoms. The summed E-state index contributed by atoms with van der Waals surface area (Å²) in [6.07, 6.45) is 4.76. The van der Waals surface area contributed by atoms with Gasteiger partial charge in [-0.25, -0.2) is 0 Å². The van der Waals surface area contributed by atoms with Gasteiger partial charge in [0.2, 0.25) is 5.91 Å². The second-order valence-corrected chi connectivity index (χ2v) is 7.81. The van der Waals surface area contributed by atoms with Crippen LogP contribution >= 0.6 is 23.4 Å². The Kier molecular flexibility index (Phi) is 5.32. The number of nitrogens with one attached hydrogen (secondary N) is 1. The van der Waals surface area contributed by atoms with Gasteiger partial charge in [-0.3, -0.25) is 4.79 Å². The molecular formula is C17H23ClN2OS. The molecule has 3 nitrogen and oxygen atoms in total. The Labute approximate surface area is 141 Å². The molecule has 2 heterocycles. The van der Waals surface area contributed by atoms with Crippen molar-refractivity contribution in [1.82, 2.24) is 10.2 Å². The molecule has 0 spiro atoms. The number of fused-ring (bicyclic) bond motifs is 2. The maximum absolute atomic E-state index is 12.4. The zero-order valence-corrected chi connectivity index (χ0v) is 14.5. The lowest BCUT2D eigenvalue weighted by Gasteiger charge is -2.35. The molecule has 0 aromatic heterocycles. The van der Waals surface area contributed by atoms with E-state index in [4.69, 9.17) is 11.6 Å². The lowest BCUT2D eigenvalue weighted by atomic mass is 9.98. The normalized spacial score (nSPS) is 26.9. The number of amides is 1. The molecular weight excluding hydrogens is 316 g/mol. The summed E-state index contributed by atoms with van der Waals surface area (Å²) in [5.41, 5.74) is 1.17. The monoisotopic (exact) mass is 338 g/mol. The summed E-state index contributed by atoms with van der Waals surface area (Å²) in [7, 11) is 1.97. The Morgan fingerprint density at radius 2 is 2.09 bits per heavy atom. The summed E-state index contributed by atoms with van der Waals surface area (Å²) in [6.45, 7) is 0. The molecule has 1 aromatic carbocycles. The first-order chi connectivity index (χ1) is 10.6. The van der Waals surface area contributed by atoms with Gasteiger partial charge >= 0.3 is 0 Å². The molecule has 2 atom stereocenters. The van der Waals surface area contributed by atoms with Gasteiger partial charge in [0.25, 0.3) is 0 Å². The molecule has 1 aromatic rings. The van der Waals surface area contributed by atoms with Crippen LogP contribution in [0.5, 0.6) is 0 Å². The Hall–Kier alpha value is -0.710. The molecule has 1 N–H and O–H groups in total. The van der Waals surface area contributed by atoms with Crippen LogP contribution < -0.4 is 5.32 Å². The van der Waals surface area contributed by atoms with E-state index in [2.05, 4.69) is 11.4 Å². The maximum Gasteiger partial charge on any atom is 0.232 e. The number of nitrogens with zero attached hydrogens (tertiary/aromatic N) is 1. The zero-order chi connectivity index (χ0) is 15.5. The van der Waals surface area contributed by atoms with Crippen LogP contribution in [-0.2, 0) is 10.5 Å². The number of halogens is 1. The lowest BCUT2D eigenvalue weighted by Crippen LogP contribution is -2.49. The van der Waals surface area contributed by atoms with Gasteiger partial charge in [-0.1, -0.05) is 23.7 Å². The van der Waals surface area contributed by atoms with Crippen LogP contribution in [0.2, 0.25) is 5.02 Å². The van der Waals surface area contributed by atoms with E-state index < -0.39 is 0 Å². The number of carbonyl (C=O) groups excluding carboxylic acids is 1. The Morgan fingerprint density at radius 1 is 1.36 bits per heavy atom. The van der Waals surface area contributed by atoms with Gasteiger partial charge in [-0.05, 0) is 43.4 Å². The maximum atomic E-state index is 12.4. The van der Waals surface area contributed by atoms with Crippen molar-refractivity contribution in [3.05, 3.63) is 34.9 Å². The molecule has 5 heteroatoms. The zero-order valence-electron chi connectivity index (χ0n) is 12.9. The topological polar surface area (TPSA) is 32.3 Å². The van der Waals surface area contributed by atoms with Gasteiger partial charge in [0.05, 0.1) is 5.75 Å². The molecule has 2 fully saturated rings. The Balaban J connectivity index is 1.45. The summed E-state index contributed by atoms with van der Waals surface area (Å²) in [4.78, 5) is 14.4. The average Bonchev–Trinajstić information content (AvgIpc) is 2.85. The van der Waals surface area contributed by atoms with Crippen LogP contribution in [0.1, 0.15) is 31.2 Å². The largest absolute Gasteiger partial charge is 0.342 e. The smallest absolute Gasteiger partial charge is 0.232 e. The fourth-order valence-electron chi connectivity index (χ4n) is 3.53. The van der Waals surface area contributed by atoms with Crippen LogP contribution in [-0.4, -0.2) is 41.7 Å². The van der Waals surface area contributed by atoms with E-state index >= 15 is 0 Å². The lowest BCUT2D eigenvalue weighted by molar-refractivity contribution is -0.129. The van der Waals surface area contributed by atoms with Gasteiger partial charge in [0.15, 0.2) is 0 Å². The molecule has 0 saturated carbocycles. The number of piperidine rings is 1. The quantitative estimate of drug-likeness (QED) is 0.894. The molecule has 120 valence electrons. The van der Waals surface area contributed by atoms with Crippen LogP contribution in [0.25, 0.3) is 0 Å². The highest BCUT2D eigenvalue weighted by Gasteiger charge is 2.36. The molecule has 2 unspecified atom stereocenters. The summed E-state index contributed by atoms with van der Waals surface area (Å²) in [5.74, 6) is 1.62. The molecule has 0 radical (unpaired) electrons. The summed E-state index contributed by atoms with van der Waals surface area (Å²) >= 11 is 7.65. The van der Waals surface area contributed by atoms with Crippen molar-refractivity contribution in [3.8, 4) is 0 Å². The Morgan fingerprint density at radius 3 is 2.77 bits per heavy atom. The van der Waals surface area contributed by atoms with Gasteiger partial charge in [-0.2, -0.15) is 0 Å². The van der Waals surface area contributed by atoms with E-state index in [1.54, 1.807) is 11.8 Å². The second-order valence-electron chi connectivity index (χ2n) is 6.39. The van der Waals surface area contributed by atoms with Crippen molar-refractivity contribution in [3.63, 3.8) is 0 Å². The number of benzene rings is 1. The first-order valence-corrected chi connectivity index (χ1v) is 9.49. The van der Waals surface area contributed by atoms with Crippen LogP contribution in [0, 0.1) is 0 Å². The molecule has 3 rings (SSSR count). The summed E-state index contributed by atoms with van der Waals surface area (Å²) in [6, 6.07) is 9.51. The van der Waals surface area contributed by atoms with Crippen molar-refractivity contribution in [2.24, 2.45) is 0 Å². The second kappa shape index (κ2) is 7.24. The van der Waals surface area contributed by atoms with Crippen molar-refractivity contribution >= 4 is 29.3 Å². The van der Waals surface area contributed by atoms with Gasteiger partial charge in [-0.15, -0.1) is 11.8 Å². The third-order valence-electron chi connectivity index (χ3n) is 4.77. The molecule has 2 aliphatic rings. The first kappa shape index (κ1) is 16.2. The van der Waals surface area contributed by atoms with Gasteiger partial charge in [0.1, 0.15) is 0 Å². The minimum absolute atomic E-state index is 0.248. The summed E-state index contributed by atoms with van der Waals surface area (Å²) < 4.78 is 0. The van der Waals surface area contributed by atoms with Crippen LogP contribution in [0.3, 0.4) is 0 Å². The fourth-order valence-corrected chi connectivity index (χ4v) is 4.64. The third kappa shape index (κ3) is 3.98. The van der Waals surface area contributed by atoms with Gasteiger partial charge in [0, 0.05) is 35.9 Å². The van der Waals surface area contributed by atoms with Crippen molar-refractivity contribution in [1.29, 1.82) is 0 Å². The van der Waals surface area contributed by atoms with E-state index in [0.29, 0.717) is 23.9 Å². The predicted octanol–water partition coefficient (Wildman–Crippen LogP) is 3.31. The summed E-state index contributed by atoms with van der Waals surface area (Å²) in [5, 5.41) is 4.38. The average molecular weight is 339 g/mol. The van der Waals surface area contributed by atoms with E-state index in [1.165, 1.54) is 18.4 Å². The molecule has 2 saturated heterocycles. The minimum Gasteiger partial charge on any atom is -0.342 e. The van der Waals surface area contributed by atoms with Crippen LogP contribution in [0.15, 0.2) is 24.3 Å². The van der Waals surface area contributed by atoms with Crippen molar-refractivity contribution in [2.45, 2.75) is 49.6 Å². The van der Waals surface area contributed by atoms with E-state index in [9.17, 15) is 4.79 Å². The third-order valence-corrected chi connectivity index (χ3v) is 6.00. The van der Waals surface area contributed by atoms with E-state index in [1.807, 2.05) is 30.1 Å². The fraction of sp³-hybridized carbons (Fsp3) is 0.588. The molecule has 0 aliphatic carbocycles. The number of thioether (sulfide) groups is 1. The van der Waals surface area contributed by atoms with Crippen molar-refractivity contribution < 1.29 is 4.79 Å². The van der Waals surface area contributed by atoms with E-state index in [-0.39, 0.29) is 5.91 Å². The first-order valence-electron chi connectivity index (χ1n) is 7.95. The molecule has 22 heavy (non-hydrogen) atoms. The SMILES string of the molecule is CN(C(=O)CSCc1cccc(Cl)c1)C1CC2CCC(C1)N2. The number of carbonyl (C=O) groups is 1.